The zero-order valence-corrected chi connectivity index (χ0v) is 22.2. The van der Waals surface area contributed by atoms with Gasteiger partial charge in [-0.05, 0) is 49.9 Å². The van der Waals surface area contributed by atoms with E-state index in [1.807, 2.05) is 31.2 Å². The first-order valence-corrected chi connectivity index (χ1v) is 12.5. The molecule has 0 atom stereocenters. The maximum Gasteiger partial charge on any atom is 0.359 e. The molecule has 0 spiro atoms. The Labute approximate surface area is 222 Å². The smallest absolute Gasteiger partial charge is 0.359 e. The number of aryl methyl sites for hydroxylation is 1. The lowest BCUT2D eigenvalue weighted by Crippen LogP contribution is -2.25. The van der Waals surface area contributed by atoms with Gasteiger partial charge in [0.1, 0.15) is 5.82 Å². The summed E-state index contributed by atoms with van der Waals surface area (Å²) in [5, 5.41) is 19.4. The normalized spacial score (nSPS) is 11.3. The third-order valence-electron chi connectivity index (χ3n) is 5.97. The van der Waals surface area contributed by atoms with E-state index in [-0.39, 0.29) is 23.5 Å². The van der Waals surface area contributed by atoms with Crippen LogP contribution in [-0.2, 0) is 33.8 Å². The third kappa shape index (κ3) is 6.86. The van der Waals surface area contributed by atoms with Gasteiger partial charge in [-0.15, -0.1) is 0 Å². The molecule has 0 saturated heterocycles. The van der Waals surface area contributed by atoms with Gasteiger partial charge in [0.25, 0.3) is 0 Å². The molecule has 1 aromatic heterocycles. The van der Waals surface area contributed by atoms with Crippen molar-refractivity contribution in [3.05, 3.63) is 76.9 Å². The van der Waals surface area contributed by atoms with Gasteiger partial charge in [-0.2, -0.15) is 0 Å². The molecule has 202 valence electrons. The van der Waals surface area contributed by atoms with Crippen LogP contribution in [0.5, 0.6) is 0 Å². The van der Waals surface area contributed by atoms with E-state index in [9.17, 15) is 24.6 Å². The molecule has 38 heavy (non-hydrogen) atoms. The standard InChI is InChI=1S/C29H34N2O7/c1-5-6-11-24-30-23(17-32)25(27(35)37-18-38-28(36)29(2,3)4)31(24)16-19-12-14-20(15-13-19)21-9-7-8-10-22(21)26(33)34/h7-10,12-15,32H,5-6,11,16-18H2,1-4H3,(H,33,34). The van der Waals surface area contributed by atoms with E-state index in [4.69, 9.17) is 9.47 Å². The summed E-state index contributed by atoms with van der Waals surface area (Å²) in [6.45, 7) is 6.41. The predicted molar refractivity (Wildman–Crippen MR) is 141 cm³/mol. The molecule has 9 nitrogen and oxygen atoms in total. The summed E-state index contributed by atoms with van der Waals surface area (Å²) in [7, 11) is 0. The highest BCUT2D eigenvalue weighted by atomic mass is 16.7. The highest BCUT2D eigenvalue weighted by Gasteiger charge is 2.26. The molecule has 2 aromatic carbocycles. The largest absolute Gasteiger partial charge is 0.478 e. The number of carboxylic acid groups (broad SMARTS) is 1. The number of unbranched alkanes of at least 4 members (excludes halogenated alkanes) is 1. The molecule has 3 rings (SSSR count). The van der Waals surface area contributed by atoms with E-state index < -0.39 is 36.7 Å². The van der Waals surface area contributed by atoms with Gasteiger partial charge in [-0.25, -0.2) is 14.6 Å². The fourth-order valence-corrected chi connectivity index (χ4v) is 3.90. The number of hydrogen-bond donors (Lipinski definition) is 2. The Hall–Kier alpha value is -3.98. The van der Waals surface area contributed by atoms with E-state index in [0.29, 0.717) is 17.8 Å². The van der Waals surface area contributed by atoms with Crippen molar-refractivity contribution in [2.24, 2.45) is 5.41 Å². The average Bonchev–Trinajstić information content (AvgIpc) is 3.24. The Balaban J connectivity index is 1.89. The molecule has 9 heteroatoms. The van der Waals surface area contributed by atoms with Crippen LogP contribution in [0.25, 0.3) is 11.1 Å². The molecule has 0 aliphatic carbocycles. The van der Waals surface area contributed by atoms with Crippen molar-refractivity contribution in [3.63, 3.8) is 0 Å². The maximum atomic E-state index is 13.1. The number of esters is 2. The predicted octanol–water partition coefficient (Wildman–Crippen LogP) is 4.84. The quantitative estimate of drug-likeness (QED) is 0.271. The van der Waals surface area contributed by atoms with Crippen LogP contribution >= 0.6 is 0 Å². The number of rotatable bonds is 11. The summed E-state index contributed by atoms with van der Waals surface area (Å²) in [6, 6.07) is 14.2. The lowest BCUT2D eigenvalue weighted by molar-refractivity contribution is -0.161. The second kappa shape index (κ2) is 12.5. The van der Waals surface area contributed by atoms with Crippen LogP contribution < -0.4 is 0 Å². The number of aromatic nitrogens is 2. The summed E-state index contributed by atoms with van der Waals surface area (Å²) in [6.07, 6.45) is 2.35. The lowest BCUT2D eigenvalue weighted by Gasteiger charge is -2.17. The second-order valence-corrected chi connectivity index (χ2v) is 9.95. The number of ether oxygens (including phenoxy) is 2. The molecule has 0 unspecified atom stereocenters. The number of carbonyl (C=O) groups excluding carboxylic acids is 2. The Morgan fingerprint density at radius 2 is 1.68 bits per heavy atom. The summed E-state index contributed by atoms with van der Waals surface area (Å²) in [5.74, 6) is -1.63. The molecule has 0 aliphatic heterocycles. The SMILES string of the molecule is CCCCc1nc(CO)c(C(=O)OCOC(=O)C(C)(C)C)n1Cc1ccc(-c2ccccc2C(=O)O)cc1. The van der Waals surface area contributed by atoms with Gasteiger partial charge in [0.05, 0.1) is 23.3 Å². The first-order valence-electron chi connectivity index (χ1n) is 12.5. The Bertz CT molecular complexity index is 1290. The zero-order chi connectivity index (χ0) is 27.9. The molecule has 0 radical (unpaired) electrons. The minimum Gasteiger partial charge on any atom is -0.478 e. The van der Waals surface area contributed by atoms with Crippen molar-refractivity contribution >= 4 is 17.9 Å². The number of nitrogens with zero attached hydrogens (tertiary/aromatic N) is 2. The van der Waals surface area contributed by atoms with E-state index in [1.165, 1.54) is 0 Å². The molecule has 0 aliphatic rings. The highest BCUT2D eigenvalue weighted by Crippen LogP contribution is 2.25. The number of carbonyl (C=O) groups is 3. The van der Waals surface area contributed by atoms with Crippen molar-refractivity contribution in [2.75, 3.05) is 6.79 Å². The van der Waals surface area contributed by atoms with Crippen LogP contribution in [0.3, 0.4) is 0 Å². The van der Waals surface area contributed by atoms with Crippen LogP contribution in [0, 0.1) is 5.41 Å². The van der Waals surface area contributed by atoms with E-state index in [1.54, 1.807) is 49.6 Å². The summed E-state index contributed by atoms with van der Waals surface area (Å²) < 4.78 is 12.0. The molecule has 0 fully saturated rings. The van der Waals surface area contributed by atoms with E-state index in [0.717, 1.165) is 24.0 Å². The molecular weight excluding hydrogens is 488 g/mol. The minimum absolute atomic E-state index is 0.103. The van der Waals surface area contributed by atoms with E-state index >= 15 is 0 Å². The van der Waals surface area contributed by atoms with Crippen LogP contribution in [0.15, 0.2) is 48.5 Å². The van der Waals surface area contributed by atoms with E-state index in [2.05, 4.69) is 4.98 Å². The van der Waals surface area contributed by atoms with Gasteiger partial charge in [0.2, 0.25) is 6.79 Å². The molecule has 0 bridgehead atoms. The van der Waals surface area contributed by atoms with Gasteiger partial charge in [-0.3, -0.25) is 4.79 Å². The fraction of sp³-hybridized carbons (Fsp3) is 0.379. The Morgan fingerprint density at radius 1 is 1.00 bits per heavy atom. The number of hydrogen-bond acceptors (Lipinski definition) is 7. The van der Waals surface area contributed by atoms with Crippen molar-refractivity contribution in [1.29, 1.82) is 0 Å². The molecule has 0 saturated carbocycles. The van der Waals surface area contributed by atoms with Gasteiger partial charge in [0.15, 0.2) is 5.69 Å². The van der Waals surface area contributed by atoms with Crippen LogP contribution in [0.2, 0.25) is 0 Å². The first kappa shape index (κ1) is 28.6. The second-order valence-electron chi connectivity index (χ2n) is 9.95. The number of carboxylic acids is 1. The molecule has 2 N–H and O–H groups in total. The van der Waals surface area contributed by atoms with Crippen molar-refractivity contribution in [2.45, 2.75) is 60.1 Å². The van der Waals surface area contributed by atoms with Crippen LogP contribution in [0.1, 0.15) is 78.5 Å². The molecule has 3 aromatic rings. The lowest BCUT2D eigenvalue weighted by atomic mass is 9.98. The average molecular weight is 523 g/mol. The molecular formula is C29H34N2O7. The van der Waals surface area contributed by atoms with Crippen molar-refractivity contribution < 1.29 is 34.1 Å². The number of aromatic carboxylic acids is 1. The van der Waals surface area contributed by atoms with Crippen molar-refractivity contribution in [3.8, 4) is 11.1 Å². The van der Waals surface area contributed by atoms with Gasteiger partial charge < -0.3 is 24.3 Å². The maximum absolute atomic E-state index is 13.1. The van der Waals surface area contributed by atoms with Crippen LogP contribution in [0.4, 0.5) is 0 Å². The van der Waals surface area contributed by atoms with Gasteiger partial charge >= 0.3 is 17.9 Å². The topological polar surface area (TPSA) is 128 Å². The first-order chi connectivity index (χ1) is 18.1. The molecule has 0 amide bonds. The van der Waals surface area contributed by atoms with Gasteiger partial charge in [-0.1, -0.05) is 55.8 Å². The number of aliphatic hydroxyl groups excluding tert-OH is 1. The Kier molecular flexibility index (Phi) is 9.41. The van der Waals surface area contributed by atoms with Gasteiger partial charge in [0, 0.05) is 13.0 Å². The summed E-state index contributed by atoms with van der Waals surface area (Å²) in [5.41, 5.74) is 1.96. The molecule has 1 heterocycles. The number of aliphatic hydroxyl groups is 1. The zero-order valence-electron chi connectivity index (χ0n) is 22.2. The highest BCUT2D eigenvalue weighted by molar-refractivity contribution is 5.96. The summed E-state index contributed by atoms with van der Waals surface area (Å²) >= 11 is 0. The Morgan fingerprint density at radius 3 is 2.29 bits per heavy atom. The van der Waals surface area contributed by atoms with Crippen molar-refractivity contribution in [1.82, 2.24) is 9.55 Å². The number of benzene rings is 2. The van der Waals surface area contributed by atoms with Crippen LogP contribution in [-0.4, -0.2) is 44.5 Å². The number of imidazole rings is 1. The monoisotopic (exact) mass is 522 g/mol. The minimum atomic E-state index is -1.00. The third-order valence-corrected chi connectivity index (χ3v) is 5.97. The fourth-order valence-electron chi connectivity index (χ4n) is 3.90. The summed E-state index contributed by atoms with van der Waals surface area (Å²) in [4.78, 5) is 41.2.